The van der Waals surface area contributed by atoms with E-state index in [1.165, 1.54) is 5.56 Å². The van der Waals surface area contributed by atoms with Gasteiger partial charge in [-0.15, -0.1) is 0 Å². The van der Waals surface area contributed by atoms with Crippen LogP contribution in [0.1, 0.15) is 43.1 Å². The first-order valence-corrected chi connectivity index (χ1v) is 5.47. The van der Waals surface area contributed by atoms with Crippen molar-refractivity contribution < 1.29 is 9.53 Å². The second kappa shape index (κ2) is 5.54. The number of carbonyl (C=O) groups is 1. The van der Waals surface area contributed by atoms with E-state index in [0.29, 0.717) is 5.56 Å². The maximum Gasteiger partial charge on any atom is 0.338 e. The Kier molecular flexibility index (Phi) is 4.35. The maximum absolute atomic E-state index is 11.6. The predicted octanol–water partition coefficient (Wildman–Crippen LogP) is 3.20. The summed E-state index contributed by atoms with van der Waals surface area (Å²) < 4.78 is 5.22. The number of benzene rings is 1. The Morgan fingerprint density at radius 1 is 1.27 bits per heavy atom. The molecule has 0 heterocycles. The van der Waals surface area contributed by atoms with Crippen LogP contribution in [0.3, 0.4) is 0 Å². The number of ether oxygens (including phenoxy) is 1. The fourth-order valence-corrected chi connectivity index (χ4v) is 1.21. The normalized spacial score (nSPS) is 12.2. The van der Waals surface area contributed by atoms with E-state index in [-0.39, 0.29) is 12.1 Å². The van der Waals surface area contributed by atoms with Crippen LogP contribution in [0.4, 0.5) is 0 Å². The van der Waals surface area contributed by atoms with Crippen molar-refractivity contribution in [3.63, 3.8) is 0 Å². The van der Waals surface area contributed by atoms with Crippen LogP contribution >= 0.6 is 0 Å². The summed E-state index contributed by atoms with van der Waals surface area (Å²) in [5.74, 6) is -0.230. The molecule has 0 amide bonds. The van der Waals surface area contributed by atoms with E-state index < -0.39 is 0 Å². The lowest BCUT2D eigenvalue weighted by atomic mass is 10.1. The molecule has 1 aromatic carbocycles. The molecule has 0 spiro atoms. The molecule has 15 heavy (non-hydrogen) atoms. The fourth-order valence-electron chi connectivity index (χ4n) is 1.21. The summed E-state index contributed by atoms with van der Waals surface area (Å²) in [6.45, 7) is 5.99. The summed E-state index contributed by atoms with van der Waals surface area (Å²) in [6, 6.07) is 7.58. The Labute approximate surface area is 91.3 Å². The number of esters is 1. The van der Waals surface area contributed by atoms with E-state index in [2.05, 4.69) is 6.92 Å². The Balaban J connectivity index is 2.66. The van der Waals surface area contributed by atoms with Gasteiger partial charge in [0, 0.05) is 0 Å². The molecule has 0 saturated heterocycles. The van der Waals surface area contributed by atoms with Crippen molar-refractivity contribution in [1.82, 2.24) is 0 Å². The second-order valence-corrected chi connectivity index (χ2v) is 3.67. The summed E-state index contributed by atoms with van der Waals surface area (Å²) in [5.41, 5.74) is 1.86. The van der Waals surface area contributed by atoms with Gasteiger partial charge < -0.3 is 4.74 Å². The van der Waals surface area contributed by atoms with Gasteiger partial charge in [-0.05, 0) is 37.5 Å². The molecule has 1 rings (SSSR count). The standard InChI is InChI=1S/C13H18O2/c1-4-10(3)15-13(14)12-8-6-11(5-2)7-9-12/h6-10H,4-5H2,1-3H3. The molecule has 1 unspecified atom stereocenters. The van der Waals surface area contributed by atoms with Crippen molar-refractivity contribution in [2.45, 2.75) is 39.7 Å². The van der Waals surface area contributed by atoms with Crippen molar-refractivity contribution in [2.24, 2.45) is 0 Å². The zero-order chi connectivity index (χ0) is 11.3. The second-order valence-electron chi connectivity index (χ2n) is 3.67. The minimum Gasteiger partial charge on any atom is -0.459 e. The summed E-state index contributed by atoms with van der Waals surface area (Å²) in [6.07, 6.45) is 1.82. The highest BCUT2D eigenvalue weighted by molar-refractivity contribution is 5.89. The zero-order valence-corrected chi connectivity index (χ0v) is 9.62. The first kappa shape index (κ1) is 11.8. The number of aryl methyl sites for hydroxylation is 1. The summed E-state index contributed by atoms with van der Waals surface area (Å²) in [4.78, 5) is 11.6. The summed E-state index contributed by atoms with van der Waals surface area (Å²) in [5, 5.41) is 0. The van der Waals surface area contributed by atoms with Gasteiger partial charge >= 0.3 is 5.97 Å². The molecule has 0 radical (unpaired) electrons. The number of rotatable bonds is 4. The van der Waals surface area contributed by atoms with Gasteiger partial charge in [-0.25, -0.2) is 4.79 Å². The molecular formula is C13H18O2. The lowest BCUT2D eigenvalue weighted by molar-refractivity contribution is 0.0334. The quantitative estimate of drug-likeness (QED) is 0.707. The van der Waals surface area contributed by atoms with Crippen LogP contribution in [0.25, 0.3) is 0 Å². The van der Waals surface area contributed by atoms with Gasteiger partial charge in [0.05, 0.1) is 11.7 Å². The van der Waals surface area contributed by atoms with E-state index >= 15 is 0 Å². The molecule has 0 aliphatic carbocycles. The van der Waals surface area contributed by atoms with Gasteiger partial charge in [-0.1, -0.05) is 26.0 Å². The van der Waals surface area contributed by atoms with E-state index in [4.69, 9.17) is 4.74 Å². The SMILES string of the molecule is CCc1ccc(C(=O)OC(C)CC)cc1. The van der Waals surface area contributed by atoms with Crippen molar-refractivity contribution >= 4 is 5.97 Å². The highest BCUT2D eigenvalue weighted by atomic mass is 16.5. The van der Waals surface area contributed by atoms with Gasteiger partial charge in [-0.3, -0.25) is 0 Å². The first-order valence-electron chi connectivity index (χ1n) is 5.47. The van der Waals surface area contributed by atoms with Crippen LogP contribution < -0.4 is 0 Å². The molecule has 2 nitrogen and oxygen atoms in total. The fraction of sp³-hybridized carbons (Fsp3) is 0.462. The lowest BCUT2D eigenvalue weighted by Crippen LogP contribution is -2.13. The molecule has 0 N–H and O–H groups in total. The van der Waals surface area contributed by atoms with Gasteiger partial charge in [0.1, 0.15) is 0 Å². The third-order valence-corrected chi connectivity index (χ3v) is 2.48. The molecule has 82 valence electrons. The van der Waals surface area contributed by atoms with Gasteiger partial charge in [0.25, 0.3) is 0 Å². The molecule has 0 aromatic heterocycles. The monoisotopic (exact) mass is 206 g/mol. The first-order chi connectivity index (χ1) is 7.17. The van der Waals surface area contributed by atoms with Crippen LogP contribution in [-0.4, -0.2) is 12.1 Å². The van der Waals surface area contributed by atoms with Crippen molar-refractivity contribution in [2.75, 3.05) is 0 Å². The molecule has 1 aromatic rings. The predicted molar refractivity (Wildman–Crippen MR) is 61.0 cm³/mol. The third kappa shape index (κ3) is 3.39. The van der Waals surface area contributed by atoms with Crippen molar-refractivity contribution in [3.8, 4) is 0 Å². The van der Waals surface area contributed by atoms with Crippen molar-refractivity contribution in [1.29, 1.82) is 0 Å². The van der Waals surface area contributed by atoms with Gasteiger partial charge in [0.15, 0.2) is 0 Å². The minimum atomic E-state index is -0.230. The Bertz CT molecular complexity index is 314. The number of hydrogen-bond acceptors (Lipinski definition) is 2. The Morgan fingerprint density at radius 3 is 2.33 bits per heavy atom. The zero-order valence-electron chi connectivity index (χ0n) is 9.62. The number of hydrogen-bond donors (Lipinski definition) is 0. The number of carbonyl (C=O) groups excluding carboxylic acids is 1. The molecule has 0 bridgehead atoms. The van der Waals surface area contributed by atoms with E-state index in [1.807, 2.05) is 38.1 Å². The summed E-state index contributed by atoms with van der Waals surface area (Å²) >= 11 is 0. The van der Waals surface area contributed by atoms with Gasteiger partial charge in [-0.2, -0.15) is 0 Å². The molecule has 0 aliphatic heterocycles. The van der Waals surface area contributed by atoms with Gasteiger partial charge in [0.2, 0.25) is 0 Å². The lowest BCUT2D eigenvalue weighted by Gasteiger charge is -2.10. The molecule has 0 aliphatic rings. The average Bonchev–Trinajstić information content (AvgIpc) is 2.29. The summed E-state index contributed by atoms with van der Waals surface area (Å²) in [7, 11) is 0. The molecule has 0 fully saturated rings. The largest absolute Gasteiger partial charge is 0.459 e. The van der Waals surface area contributed by atoms with Crippen LogP contribution in [0.15, 0.2) is 24.3 Å². The van der Waals surface area contributed by atoms with Crippen LogP contribution in [0, 0.1) is 0 Å². The van der Waals surface area contributed by atoms with Crippen LogP contribution in [0.5, 0.6) is 0 Å². The highest BCUT2D eigenvalue weighted by Crippen LogP contribution is 2.08. The topological polar surface area (TPSA) is 26.3 Å². The molecule has 1 atom stereocenters. The van der Waals surface area contributed by atoms with Crippen LogP contribution in [-0.2, 0) is 11.2 Å². The average molecular weight is 206 g/mol. The minimum absolute atomic E-state index is 0.0108. The highest BCUT2D eigenvalue weighted by Gasteiger charge is 2.09. The van der Waals surface area contributed by atoms with E-state index in [0.717, 1.165) is 12.8 Å². The smallest absolute Gasteiger partial charge is 0.338 e. The van der Waals surface area contributed by atoms with Crippen LogP contribution in [0.2, 0.25) is 0 Å². The molecule has 0 saturated carbocycles. The maximum atomic E-state index is 11.6. The molecule has 2 heteroatoms. The van der Waals surface area contributed by atoms with E-state index in [1.54, 1.807) is 0 Å². The Morgan fingerprint density at radius 2 is 1.87 bits per heavy atom. The molecular weight excluding hydrogens is 188 g/mol. The Hall–Kier alpha value is -1.31. The van der Waals surface area contributed by atoms with Crippen molar-refractivity contribution in [3.05, 3.63) is 35.4 Å². The third-order valence-electron chi connectivity index (χ3n) is 2.48. The van der Waals surface area contributed by atoms with E-state index in [9.17, 15) is 4.79 Å².